The lowest BCUT2D eigenvalue weighted by atomic mass is 9.97. The summed E-state index contributed by atoms with van der Waals surface area (Å²) in [5, 5.41) is 5.75. The van der Waals surface area contributed by atoms with Gasteiger partial charge in [-0.25, -0.2) is 4.98 Å². The normalized spacial score (nSPS) is 16.9. The topological polar surface area (TPSA) is 101 Å². The molecule has 1 N–H and O–H groups in total. The molecule has 0 atom stereocenters. The third-order valence-corrected chi connectivity index (χ3v) is 7.23. The Morgan fingerprint density at radius 2 is 1.85 bits per heavy atom. The lowest BCUT2D eigenvalue weighted by Crippen LogP contribution is -2.38. The maximum absolute atomic E-state index is 12.9. The first-order valence-electron chi connectivity index (χ1n) is 11.6. The van der Waals surface area contributed by atoms with Gasteiger partial charge in [0.25, 0.3) is 5.91 Å². The highest BCUT2D eigenvalue weighted by molar-refractivity contribution is 7.10. The number of para-hydroxylation sites is 2. The molecule has 9 nitrogen and oxygen atoms in total. The predicted molar refractivity (Wildman–Crippen MR) is 129 cm³/mol. The van der Waals surface area contributed by atoms with Crippen molar-refractivity contribution in [3.8, 4) is 0 Å². The van der Waals surface area contributed by atoms with Gasteiger partial charge < -0.3 is 24.6 Å². The molecule has 10 heteroatoms. The fourth-order valence-corrected chi connectivity index (χ4v) is 5.24. The molecule has 0 radical (unpaired) electrons. The van der Waals surface area contributed by atoms with E-state index in [-0.39, 0.29) is 36.5 Å². The van der Waals surface area contributed by atoms with Gasteiger partial charge in [0.1, 0.15) is 5.69 Å². The fourth-order valence-electron chi connectivity index (χ4n) is 4.27. The molecule has 3 heterocycles. The van der Waals surface area contributed by atoms with Crippen LogP contribution in [0.2, 0.25) is 0 Å². The molecule has 34 heavy (non-hydrogen) atoms. The number of thiazole rings is 1. The van der Waals surface area contributed by atoms with Crippen molar-refractivity contribution >= 4 is 40.5 Å². The largest absolute Gasteiger partial charge is 0.469 e. The number of amides is 2. The maximum atomic E-state index is 12.9. The summed E-state index contributed by atoms with van der Waals surface area (Å²) < 4.78 is 10.0. The van der Waals surface area contributed by atoms with Crippen molar-refractivity contribution in [3.63, 3.8) is 0 Å². The maximum Gasteiger partial charge on any atom is 0.306 e. The molecule has 2 saturated heterocycles. The van der Waals surface area contributed by atoms with Crippen molar-refractivity contribution in [2.75, 3.05) is 56.7 Å². The molecule has 1 aromatic carbocycles. The van der Waals surface area contributed by atoms with Crippen LogP contribution >= 0.6 is 11.3 Å². The molecule has 182 valence electrons. The van der Waals surface area contributed by atoms with Gasteiger partial charge >= 0.3 is 5.97 Å². The van der Waals surface area contributed by atoms with E-state index in [0.717, 1.165) is 42.3 Å². The van der Waals surface area contributed by atoms with Gasteiger partial charge in [0.15, 0.2) is 0 Å². The molecule has 2 aromatic rings. The van der Waals surface area contributed by atoms with Crippen LogP contribution in [-0.2, 0) is 19.1 Å². The molecule has 1 aromatic heterocycles. The third kappa shape index (κ3) is 5.92. The minimum Gasteiger partial charge on any atom is -0.469 e. The smallest absolute Gasteiger partial charge is 0.306 e. The number of carbonyl (C=O) groups is 3. The number of hydrogen-bond acceptors (Lipinski definition) is 8. The summed E-state index contributed by atoms with van der Waals surface area (Å²) in [6, 6.07) is 7.79. The number of likely N-dealkylation sites (tertiary alicyclic amines) is 1. The van der Waals surface area contributed by atoms with Crippen LogP contribution in [0.5, 0.6) is 0 Å². The Kier molecular flexibility index (Phi) is 8.12. The van der Waals surface area contributed by atoms with Gasteiger partial charge in [-0.1, -0.05) is 12.1 Å². The van der Waals surface area contributed by atoms with Gasteiger partial charge in [-0.15, -0.1) is 11.3 Å². The highest BCUT2D eigenvalue weighted by Crippen LogP contribution is 2.31. The van der Waals surface area contributed by atoms with Crippen molar-refractivity contribution in [1.29, 1.82) is 0 Å². The number of nitrogens with one attached hydrogen (secondary N) is 1. The van der Waals surface area contributed by atoms with Crippen LogP contribution in [0.1, 0.15) is 47.1 Å². The average Bonchev–Trinajstić information content (AvgIpc) is 3.38. The van der Waals surface area contributed by atoms with Gasteiger partial charge in [0.05, 0.1) is 43.1 Å². The van der Waals surface area contributed by atoms with Gasteiger partial charge in [-0.3, -0.25) is 14.4 Å². The molecule has 2 aliphatic heterocycles. The Morgan fingerprint density at radius 1 is 1.12 bits per heavy atom. The van der Waals surface area contributed by atoms with Crippen molar-refractivity contribution in [3.05, 3.63) is 40.3 Å². The summed E-state index contributed by atoms with van der Waals surface area (Å²) in [5.74, 6) is -0.401. The average molecular weight is 487 g/mol. The SMILES string of the molecule is COC(=O)CCC(=O)N1CCC(c2nc(C(=O)Nc3ccccc3N3CCOCC3)cs2)CC1. The van der Waals surface area contributed by atoms with Crippen LogP contribution in [0.25, 0.3) is 0 Å². The second-order valence-electron chi connectivity index (χ2n) is 8.37. The summed E-state index contributed by atoms with van der Waals surface area (Å²) in [6.45, 7) is 4.17. The first-order chi connectivity index (χ1) is 16.5. The van der Waals surface area contributed by atoms with E-state index in [1.165, 1.54) is 18.4 Å². The molecule has 0 saturated carbocycles. The standard InChI is InChI=1S/C24H30N4O5S/c1-32-22(30)7-6-21(29)28-10-8-17(9-11-28)24-26-19(16-34-24)23(31)25-18-4-2-3-5-20(18)27-12-14-33-15-13-27/h2-5,16-17H,6-15H2,1H3,(H,25,31). The van der Waals surface area contributed by atoms with E-state index in [1.54, 1.807) is 10.3 Å². The summed E-state index contributed by atoms with van der Waals surface area (Å²) in [6.07, 6.45) is 1.86. The molecular formula is C24H30N4O5S. The number of carbonyl (C=O) groups excluding carboxylic acids is 3. The molecule has 0 unspecified atom stereocenters. The second kappa shape index (κ2) is 11.4. The Labute approximate surface area is 203 Å². The zero-order chi connectivity index (χ0) is 23.9. The van der Waals surface area contributed by atoms with E-state index in [1.807, 2.05) is 24.3 Å². The van der Waals surface area contributed by atoms with Crippen LogP contribution in [0.15, 0.2) is 29.6 Å². The van der Waals surface area contributed by atoms with Crippen LogP contribution in [0, 0.1) is 0 Å². The lowest BCUT2D eigenvalue weighted by molar-refractivity contribution is -0.143. The summed E-state index contributed by atoms with van der Waals surface area (Å²) in [7, 11) is 1.32. The molecule has 0 bridgehead atoms. The number of ether oxygens (including phenoxy) is 2. The number of hydrogen-bond donors (Lipinski definition) is 1. The van der Waals surface area contributed by atoms with E-state index >= 15 is 0 Å². The quantitative estimate of drug-likeness (QED) is 0.601. The minimum atomic E-state index is -0.371. The number of piperidine rings is 1. The Balaban J connectivity index is 1.32. The van der Waals surface area contributed by atoms with Crippen LogP contribution in [-0.4, -0.2) is 74.2 Å². The fraction of sp³-hybridized carbons (Fsp3) is 0.500. The van der Waals surface area contributed by atoms with Crippen molar-refractivity contribution in [2.24, 2.45) is 0 Å². The Morgan fingerprint density at radius 3 is 2.59 bits per heavy atom. The molecule has 2 fully saturated rings. The van der Waals surface area contributed by atoms with E-state index in [0.29, 0.717) is 32.0 Å². The molecule has 4 rings (SSSR count). The second-order valence-corrected chi connectivity index (χ2v) is 9.26. The zero-order valence-electron chi connectivity index (χ0n) is 19.3. The summed E-state index contributed by atoms with van der Waals surface area (Å²) in [5.41, 5.74) is 2.16. The van der Waals surface area contributed by atoms with Crippen LogP contribution in [0.3, 0.4) is 0 Å². The summed E-state index contributed by atoms with van der Waals surface area (Å²) >= 11 is 1.49. The van der Waals surface area contributed by atoms with E-state index in [4.69, 9.17) is 4.74 Å². The monoisotopic (exact) mass is 486 g/mol. The molecular weight excluding hydrogens is 456 g/mol. The van der Waals surface area contributed by atoms with E-state index in [9.17, 15) is 14.4 Å². The van der Waals surface area contributed by atoms with Crippen LogP contribution in [0.4, 0.5) is 11.4 Å². The number of rotatable bonds is 7. The number of anilines is 2. The molecule has 2 aliphatic rings. The Bertz CT molecular complexity index is 1010. The number of methoxy groups -OCH3 is 1. The molecule has 2 amide bonds. The van der Waals surface area contributed by atoms with Crippen LogP contribution < -0.4 is 10.2 Å². The number of morpholine rings is 1. The van der Waals surface area contributed by atoms with E-state index < -0.39 is 0 Å². The number of benzene rings is 1. The summed E-state index contributed by atoms with van der Waals surface area (Å²) in [4.78, 5) is 45.1. The zero-order valence-corrected chi connectivity index (χ0v) is 20.1. The highest BCUT2D eigenvalue weighted by atomic mass is 32.1. The van der Waals surface area contributed by atoms with Crippen molar-refractivity contribution in [1.82, 2.24) is 9.88 Å². The first kappa shape index (κ1) is 24.2. The van der Waals surface area contributed by atoms with Gasteiger partial charge in [0, 0.05) is 43.9 Å². The van der Waals surface area contributed by atoms with Gasteiger partial charge in [0.2, 0.25) is 5.91 Å². The lowest BCUT2D eigenvalue weighted by Gasteiger charge is -2.31. The Hall–Kier alpha value is -2.98. The van der Waals surface area contributed by atoms with Gasteiger partial charge in [-0.2, -0.15) is 0 Å². The highest BCUT2D eigenvalue weighted by Gasteiger charge is 2.27. The number of aromatic nitrogens is 1. The minimum absolute atomic E-state index is 0.0259. The van der Waals surface area contributed by atoms with Crippen molar-refractivity contribution < 1.29 is 23.9 Å². The predicted octanol–water partition coefficient (Wildman–Crippen LogP) is 2.89. The molecule has 0 spiro atoms. The van der Waals surface area contributed by atoms with Crippen molar-refractivity contribution in [2.45, 2.75) is 31.6 Å². The first-order valence-corrected chi connectivity index (χ1v) is 12.5. The van der Waals surface area contributed by atoms with E-state index in [2.05, 4.69) is 19.9 Å². The van der Waals surface area contributed by atoms with Gasteiger partial charge in [-0.05, 0) is 25.0 Å². The number of nitrogens with zero attached hydrogens (tertiary/aromatic N) is 3. The number of esters is 1. The third-order valence-electron chi connectivity index (χ3n) is 6.23. The molecule has 0 aliphatic carbocycles.